The van der Waals surface area contributed by atoms with Gasteiger partial charge >= 0.3 is 5.97 Å². The van der Waals surface area contributed by atoms with Gasteiger partial charge in [-0.25, -0.2) is 4.79 Å². The molecule has 16 heavy (non-hydrogen) atoms. The highest BCUT2D eigenvalue weighted by Crippen LogP contribution is 2.15. The molecule has 0 saturated heterocycles. The van der Waals surface area contributed by atoms with Gasteiger partial charge < -0.3 is 20.5 Å². The van der Waals surface area contributed by atoms with Crippen molar-refractivity contribution in [2.45, 2.75) is 32.4 Å². The van der Waals surface area contributed by atoms with Crippen LogP contribution in [0.5, 0.6) is 0 Å². The number of carbonyl (C=O) groups excluding carboxylic acids is 1. The molecule has 3 N–H and O–H groups in total. The number of likely N-dealkylation sites (N-methyl/N-ethyl adjacent to an activating group) is 1. The van der Waals surface area contributed by atoms with E-state index >= 15 is 0 Å². The average Bonchev–Trinajstić information content (AvgIpc) is 2.18. The van der Waals surface area contributed by atoms with Crippen molar-refractivity contribution in [3.8, 4) is 0 Å². The van der Waals surface area contributed by atoms with E-state index in [4.69, 9.17) is 15.6 Å². The van der Waals surface area contributed by atoms with E-state index in [2.05, 4.69) is 0 Å². The van der Waals surface area contributed by atoms with E-state index in [1.54, 1.807) is 6.92 Å². The minimum atomic E-state index is -1.27. The lowest BCUT2D eigenvalue weighted by molar-refractivity contribution is -0.157. The van der Waals surface area contributed by atoms with Crippen LogP contribution in [0.2, 0.25) is 0 Å². The highest BCUT2D eigenvalue weighted by Gasteiger charge is 2.38. The molecule has 0 heterocycles. The lowest BCUT2D eigenvalue weighted by Crippen LogP contribution is -2.58. The van der Waals surface area contributed by atoms with Gasteiger partial charge in [-0.1, -0.05) is 0 Å². The second-order valence-electron chi connectivity index (χ2n) is 4.01. The zero-order valence-electron chi connectivity index (χ0n) is 10.2. The molecule has 0 aromatic carbocycles. The van der Waals surface area contributed by atoms with Gasteiger partial charge in [0, 0.05) is 13.7 Å². The van der Waals surface area contributed by atoms with E-state index in [0.29, 0.717) is 0 Å². The van der Waals surface area contributed by atoms with E-state index in [1.807, 2.05) is 0 Å². The summed E-state index contributed by atoms with van der Waals surface area (Å²) in [7, 11) is 1.44. The molecule has 1 amide bonds. The first kappa shape index (κ1) is 14.9. The maximum absolute atomic E-state index is 11.9. The third-order valence-corrected chi connectivity index (χ3v) is 2.44. The molecule has 0 saturated carbocycles. The van der Waals surface area contributed by atoms with E-state index in [-0.39, 0.29) is 13.2 Å². The van der Waals surface area contributed by atoms with Crippen LogP contribution < -0.4 is 5.73 Å². The second kappa shape index (κ2) is 5.81. The second-order valence-corrected chi connectivity index (χ2v) is 4.01. The quantitative estimate of drug-likeness (QED) is 0.654. The maximum Gasteiger partial charge on any atom is 0.329 e. The van der Waals surface area contributed by atoms with Crippen LogP contribution in [0, 0.1) is 0 Å². The Morgan fingerprint density at radius 3 is 2.31 bits per heavy atom. The molecule has 94 valence electrons. The molecule has 0 fully saturated rings. The Labute approximate surface area is 95.4 Å². The summed E-state index contributed by atoms with van der Waals surface area (Å²) >= 11 is 0. The number of amides is 1. The van der Waals surface area contributed by atoms with E-state index in [9.17, 15) is 9.59 Å². The summed E-state index contributed by atoms with van der Waals surface area (Å²) in [6.07, 6.45) is 0. The minimum absolute atomic E-state index is 0.0744. The van der Waals surface area contributed by atoms with Crippen LogP contribution in [0.25, 0.3) is 0 Å². The molecule has 6 nitrogen and oxygen atoms in total. The number of methoxy groups -OCH3 is 1. The molecule has 1 unspecified atom stereocenters. The highest BCUT2D eigenvalue weighted by molar-refractivity contribution is 5.89. The fourth-order valence-electron chi connectivity index (χ4n) is 1.39. The summed E-state index contributed by atoms with van der Waals surface area (Å²) < 4.78 is 4.77. The number of nitrogens with two attached hydrogens (primary N) is 1. The number of carboxylic acid groups (broad SMARTS) is 1. The molecule has 0 spiro atoms. The molecule has 0 aromatic heterocycles. The van der Waals surface area contributed by atoms with Crippen molar-refractivity contribution in [1.29, 1.82) is 0 Å². The Morgan fingerprint density at radius 1 is 1.50 bits per heavy atom. The smallest absolute Gasteiger partial charge is 0.329 e. The summed E-state index contributed by atoms with van der Waals surface area (Å²) in [6, 6.07) is -0.830. The molecule has 0 bridgehead atoms. The molecule has 0 aliphatic heterocycles. The number of nitrogens with zero attached hydrogens (tertiary/aromatic N) is 1. The van der Waals surface area contributed by atoms with Gasteiger partial charge in [-0.15, -0.1) is 0 Å². The molecular weight excluding hydrogens is 212 g/mol. The van der Waals surface area contributed by atoms with Crippen LogP contribution in [0.1, 0.15) is 20.8 Å². The number of rotatable bonds is 6. The first-order chi connectivity index (χ1) is 7.28. The van der Waals surface area contributed by atoms with E-state index in [0.717, 1.165) is 0 Å². The molecule has 6 heteroatoms. The standard InChI is InChI=1S/C10H20N2O4/c1-5-12(10(2,3)9(14)15)8(13)7(11)6-16-4/h7H,5-6,11H2,1-4H3,(H,14,15). The minimum Gasteiger partial charge on any atom is -0.480 e. The topological polar surface area (TPSA) is 92.9 Å². The van der Waals surface area contributed by atoms with Crippen molar-refractivity contribution in [2.75, 3.05) is 20.3 Å². The third-order valence-electron chi connectivity index (χ3n) is 2.44. The van der Waals surface area contributed by atoms with Gasteiger partial charge in [0.2, 0.25) is 5.91 Å². The number of hydrogen-bond donors (Lipinski definition) is 2. The summed E-state index contributed by atoms with van der Waals surface area (Å²) in [5, 5.41) is 9.04. The highest BCUT2D eigenvalue weighted by atomic mass is 16.5. The number of hydrogen-bond acceptors (Lipinski definition) is 4. The van der Waals surface area contributed by atoms with Crippen LogP contribution in [0.15, 0.2) is 0 Å². The summed E-state index contributed by atoms with van der Waals surface area (Å²) in [5.74, 6) is -1.48. The predicted octanol–water partition coefficient (Wildman–Crippen LogP) is -0.328. The first-order valence-electron chi connectivity index (χ1n) is 5.08. The predicted molar refractivity (Wildman–Crippen MR) is 59.0 cm³/mol. The fraction of sp³-hybridized carbons (Fsp3) is 0.800. The van der Waals surface area contributed by atoms with Gasteiger partial charge in [-0.05, 0) is 20.8 Å². The lowest BCUT2D eigenvalue weighted by atomic mass is 10.0. The van der Waals surface area contributed by atoms with Gasteiger partial charge in [0.1, 0.15) is 11.6 Å². The van der Waals surface area contributed by atoms with Crippen molar-refractivity contribution in [3.63, 3.8) is 0 Å². The largest absolute Gasteiger partial charge is 0.480 e. The molecule has 0 radical (unpaired) electrons. The monoisotopic (exact) mass is 232 g/mol. The van der Waals surface area contributed by atoms with Crippen molar-refractivity contribution < 1.29 is 19.4 Å². The van der Waals surface area contributed by atoms with Gasteiger partial charge in [0.25, 0.3) is 0 Å². The van der Waals surface area contributed by atoms with Crippen LogP contribution >= 0.6 is 0 Å². The zero-order valence-corrected chi connectivity index (χ0v) is 10.2. The third kappa shape index (κ3) is 3.18. The van der Waals surface area contributed by atoms with E-state index in [1.165, 1.54) is 25.9 Å². The Balaban J connectivity index is 4.86. The molecule has 1 atom stereocenters. The number of carbonyl (C=O) groups is 2. The van der Waals surface area contributed by atoms with Crippen LogP contribution in [-0.4, -0.2) is 53.7 Å². The van der Waals surface area contributed by atoms with Crippen LogP contribution in [0.3, 0.4) is 0 Å². The van der Waals surface area contributed by atoms with Gasteiger partial charge in [-0.2, -0.15) is 0 Å². The van der Waals surface area contributed by atoms with Crippen molar-refractivity contribution in [2.24, 2.45) is 5.73 Å². The molecule has 0 aliphatic carbocycles. The Morgan fingerprint density at radius 2 is 2.00 bits per heavy atom. The van der Waals surface area contributed by atoms with Gasteiger partial charge in [0.15, 0.2) is 0 Å². The average molecular weight is 232 g/mol. The van der Waals surface area contributed by atoms with E-state index < -0.39 is 23.5 Å². The lowest BCUT2D eigenvalue weighted by Gasteiger charge is -2.35. The molecule has 0 rings (SSSR count). The number of carboxylic acids is 1. The SMILES string of the molecule is CCN(C(=O)C(N)COC)C(C)(C)C(=O)O. The summed E-state index contributed by atoms with van der Waals surface area (Å²) in [4.78, 5) is 24.1. The van der Waals surface area contributed by atoms with Crippen molar-refractivity contribution in [1.82, 2.24) is 4.90 Å². The Kier molecular flexibility index (Phi) is 5.40. The molecular formula is C10H20N2O4. The number of aliphatic carboxylic acids is 1. The Bertz CT molecular complexity index is 266. The first-order valence-corrected chi connectivity index (χ1v) is 5.08. The van der Waals surface area contributed by atoms with Crippen LogP contribution in [-0.2, 0) is 14.3 Å². The zero-order chi connectivity index (χ0) is 12.9. The summed E-state index contributed by atoms with van der Waals surface area (Å²) in [6.45, 7) is 5.01. The van der Waals surface area contributed by atoms with Crippen molar-refractivity contribution >= 4 is 11.9 Å². The van der Waals surface area contributed by atoms with Crippen LogP contribution in [0.4, 0.5) is 0 Å². The normalized spacial score (nSPS) is 13.3. The molecule has 0 aromatic rings. The number of ether oxygens (including phenoxy) is 1. The maximum atomic E-state index is 11.9. The molecule has 0 aliphatic rings. The van der Waals surface area contributed by atoms with Gasteiger partial charge in [0.05, 0.1) is 6.61 Å². The van der Waals surface area contributed by atoms with Crippen molar-refractivity contribution in [3.05, 3.63) is 0 Å². The van der Waals surface area contributed by atoms with Gasteiger partial charge in [-0.3, -0.25) is 4.79 Å². The Hall–Kier alpha value is -1.14. The summed E-state index contributed by atoms with van der Waals surface area (Å²) in [5.41, 5.74) is 4.33. The fourth-order valence-corrected chi connectivity index (χ4v) is 1.39.